The Kier molecular flexibility index (Phi) is 6.48. The quantitative estimate of drug-likeness (QED) is 0.160. The molecule has 0 amide bonds. The first-order valence-electron chi connectivity index (χ1n) is 18.5. The molecule has 0 saturated heterocycles. The van der Waals surface area contributed by atoms with Gasteiger partial charge < -0.3 is 0 Å². The van der Waals surface area contributed by atoms with Crippen molar-refractivity contribution >= 4 is 106 Å². The maximum Gasteiger partial charge on any atom is 0.0534 e. The first-order chi connectivity index (χ1) is 26.8. The van der Waals surface area contributed by atoms with E-state index in [1.807, 2.05) is 22.7 Å². The zero-order valence-electron chi connectivity index (χ0n) is 29.1. The highest BCUT2D eigenvalue weighted by Gasteiger charge is 2.20. The van der Waals surface area contributed by atoms with Gasteiger partial charge in [0.2, 0.25) is 0 Å². The van der Waals surface area contributed by atoms with E-state index in [0.717, 1.165) is 0 Å². The standard InChI is InChI=1S/C52H30S2/c1-2-14-34-31(12-1)13-11-22-37(34)49-41-20-7-5-18-39(41)48(40-19-6-8-21-42(40)49)33-26-24-32(25-27-33)45-30-47-50(38-17-4-3-15-35(38)45)44-29-28-43-36-16-9-10-23-46(36)53-51(43)52(44)54-47/h1-30H. The average molecular weight is 719 g/mol. The maximum absolute atomic E-state index is 2.44. The summed E-state index contributed by atoms with van der Waals surface area (Å²) >= 11 is 3.87. The van der Waals surface area contributed by atoms with E-state index in [9.17, 15) is 0 Å². The Morgan fingerprint density at radius 1 is 0.278 bits per heavy atom. The molecule has 250 valence electrons. The van der Waals surface area contributed by atoms with E-state index in [2.05, 4.69) is 182 Å². The summed E-state index contributed by atoms with van der Waals surface area (Å²) in [5, 5.41) is 15.7. The molecule has 2 aromatic heterocycles. The fourth-order valence-corrected chi connectivity index (χ4v) is 11.7. The third kappa shape index (κ3) is 4.30. The van der Waals surface area contributed by atoms with Crippen LogP contribution in [-0.4, -0.2) is 0 Å². The van der Waals surface area contributed by atoms with E-state index in [0.29, 0.717) is 0 Å². The molecule has 10 aromatic carbocycles. The van der Waals surface area contributed by atoms with Crippen LogP contribution < -0.4 is 0 Å². The van der Waals surface area contributed by atoms with Gasteiger partial charge in [-0.1, -0.05) is 170 Å². The maximum atomic E-state index is 2.44. The molecule has 54 heavy (non-hydrogen) atoms. The Bertz CT molecular complexity index is 3430. The summed E-state index contributed by atoms with van der Waals surface area (Å²) in [4.78, 5) is 0. The monoisotopic (exact) mass is 718 g/mol. The van der Waals surface area contributed by atoms with E-state index >= 15 is 0 Å². The van der Waals surface area contributed by atoms with Crippen LogP contribution in [0.25, 0.3) is 117 Å². The lowest BCUT2D eigenvalue weighted by molar-refractivity contribution is 1.65. The summed E-state index contributed by atoms with van der Waals surface area (Å²) < 4.78 is 5.49. The van der Waals surface area contributed by atoms with Gasteiger partial charge in [0.1, 0.15) is 0 Å². The van der Waals surface area contributed by atoms with Gasteiger partial charge in [-0.25, -0.2) is 0 Å². The molecular formula is C52H30S2. The van der Waals surface area contributed by atoms with Gasteiger partial charge in [0, 0.05) is 30.9 Å². The van der Waals surface area contributed by atoms with Gasteiger partial charge in [-0.15, -0.1) is 22.7 Å². The van der Waals surface area contributed by atoms with Gasteiger partial charge in [-0.05, 0) is 88.6 Å². The smallest absolute Gasteiger partial charge is 0.0534 e. The van der Waals surface area contributed by atoms with Crippen LogP contribution >= 0.6 is 22.7 Å². The molecule has 0 spiro atoms. The molecule has 0 nitrogen and oxygen atoms in total. The van der Waals surface area contributed by atoms with E-state index in [1.165, 1.54) is 117 Å². The zero-order chi connectivity index (χ0) is 35.3. The molecule has 0 atom stereocenters. The lowest BCUT2D eigenvalue weighted by Gasteiger charge is -2.19. The van der Waals surface area contributed by atoms with Crippen LogP contribution in [0.3, 0.4) is 0 Å². The van der Waals surface area contributed by atoms with Crippen molar-refractivity contribution in [2.24, 2.45) is 0 Å². The molecular weight excluding hydrogens is 689 g/mol. The Morgan fingerprint density at radius 3 is 1.54 bits per heavy atom. The Hall–Kier alpha value is -6.32. The first kappa shape index (κ1) is 30.2. The van der Waals surface area contributed by atoms with E-state index in [1.54, 1.807) is 0 Å². The van der Waals surface area contributed by atoms with Crippen LogP contribution in [0.2, 0.25) is 0 Å². The lowest BCUT2D eigenvalue weighted by atomic mass is 9.84. The van der Waals surface area contributed by atoms with Crippen molar-refractivity contribution in [1.29, 1.82) is 0 Å². The van der Waals surface area contributed by atoms with E-state index in [-0.39, 0.29) is 0 Å². The number of thiophene rings is 2. The van der Waals surface area contributed by atoms with Gasteiger partial charge in [0.25, 0.3) is 0 Å². The third-order valence-electron chi connectivity index (χ3n) is 11.5. The number of benzene rings is 10. The van der Waals surface area contributed by atoms with Gasteiger partial charge in [0.05, 0.1) is 9.40 Å². The number of rotatable bonds is 3. The highest BCUT2D eigenvalue weighted by Crippen LogP contribution is 2.49. The van der Waals surface area contributed by atoms with Crippen LogP contribution in [0.15, 0.2) is 182 Å². The van der Waals surface area contributed by atoms with Crippen molar-refractivity contribution in [2.45, 2.75) is 0 Å². The zero-order valence-corrected chi connectivity index (χ0v) is 30.8. The first-order valence-corrected chi connectivity index (χ1v) is 20.1. The van der Waals surface area contributed by atoms with Gasteiger partial charge >= 0.3 is 0 Å². The predicted molar refractivity (Wildman–Crippen MR) is 239 cm³/mol. The number of hydrogen-bond acceptors (Lipinski definition) is 2. The molecule has 2 heterocycles. The molecule has 0 aliphatic rings. The molecule has 0 fully saturated rings. The van der Waals surface area contributed by atoms with Crippen molar-refractivity contribution in [3.05, 3.63) is 182 Å². The fraction of sp³-hybridized carbons (Fsp3) is 0. The predicted octanol–water partition coefficient (Wildman–Crippen LogP) is 16.0. The van der Waals surface area contributed by atoms with Crippen molar-refractivity contribution in [2.75, 3.05) is 0 Å². The Morgan fingerprint density at radius 2 is 0.796 bits per heavy atom. The Balaban J connectivity index is 1.06. The summed E-state index contributed by atoms with van der Waals surface area (Å²) in [6.45, 7) is 0. The SMILES string of the molecule is c1ccc2c(-c3c4ccccc4c(-c4ccc(-c5cc6sc7c(ccc8c9ccccc9sc87)c6c6ccccc56)cc4)c4ccccc34)cccc2c1. The van der Waals surface area contributed by atoms with E-state index in [4.69, 9.17) is 0 Å². The highest BCUT2D eigenvalue weighted by molar-refractivity contribution is 7.33. The minimum absolute atomic E-state index is 1.23. The summed E-state index contributed by atoms with van der Waals surface area (Å²) in [6.07, 6.45) is 0. The van der Waals surface area contributed by atoms with Crippen LogP contribution in [0.4, 0.5) is 0 Å². The minimum atomic E-state index is 1.23. The second kappa shape index (κ2) is 11.6. The summed E-state index contributed by atoms with van der Waals surface area (Å²) in [5.74, 6) is 0. The summed E-state index contributed by atoms with van der Waals surface area (Å²) in [6, 6.07) is 67.7. The summed E-state index contributed by atoms with van der Waals surface area (Å²) in [7, 11) is 0. The Labute approximate surface area is 319 Å². The van der Waals surface area contributed by atoms with Crippen LogP contribution in [-0.2, 0) is 0 Å². The number of fused-ring (bicyclic) bond motifs is 12. The summed E-state index contributed by atoms with van der Waals surface area (Å²) in [5.41, 5.74) is 7.62. The van der Waals surface area contributed by atoms with Crippen molar-refractivity contribution in [3.63, 3.8) is 0 Å². The molecule has 0 aliphatic carbocycles. The topological polar surface area (TPSA) is 0 Å². The molecule has 0 bridgehead atoms. The molecule has 12 rings (SSSR count). The lowest BCUT2D eigenvalue weighted by Crippen LogP contribution is -1.91. The second-order valence-corrected chi connectivity index (χ2v) is 16.4. The minimum Gasteiger partial charge on any atom is -0.134 e. The largest absolute Gasteiger partial charge is 0.134 e. The molecule has 0 N–H and O–H groups in total. The van der Waals surface area contributed by atoms with Gasteiger partial charge in [0.15, 0.2) is 0 Å². The van der Waals surface area contributed by atoms with Crippen LogP contribution in [0, 0.1) is 0 Å². The molecule has 2 heteroatoms. The fourth-order valence-electron chi connectivity index (χ4n) is 9.11. The molecule has 12 aromatic rings. The van der Waals surface area contributed by atoms with Crippen molar-refractivity contribution in [1.82, 2.24) is 0 Å². The molecule has 0 aliphatic heterocycles. The third-order valence-corrected chi connectivity index (χ3v) is 14.0. The molecule has 0 unspecified atom stereocenters. The number of hydrogen-bond donors (Lipinski definition) is 0. The van der Waals surface area contributed by atoms with Gasteiger partial charge in [-0.3, -0.25) is 0 Å². The van der Waals surface area contributed by atoms with E-state index < -0.39 is 0 Å². The molecule has 0 saturated carbocycles. The highest BCUT2D eigenvalue weighted by atomic mass is 32.1. The second-order valence-electron chi connectivity index (χ2n) is 14.3. The van der Waals surface area contributed by atoms with Crippen LogP contribution in [0.1, 0.15) is 0 Å². The van der Waals surface area contributed by atoms with Crippen LogP contribution in [0.5, 0.6) is 0 Å². The average Bonchev–Trinajstić information content (AvgIpc) is 3.81. The normalized spacial score (nSPS) is 12.1. The van der Waals surface area contributed by atoms with Crippen molar-refractivity contribution < 1.29 is 0 Å². The van der Waals surface area contributed by atoms with Crippen molar-refractivity contribution in [3.8, 4) is 33.4 Å². The van der Waals surface area contributed by atoms with Gasteiger partial charge in [-0.2, -0.15) is 0 Å². The molecule has 0 radical (unpaired) electrons.